The monoisotopic (exact) mass is 462 g/mol. The summed E-state index contributed by atoms with van der Waals surface area (Å²) in [4.78, 5) is 10.2. The minimum atomic E-state index is -2.30. The molecule has 5 rings (SSSR count). The van der Waals surface area contributed by atoms with Gasteiger partial charge in [-0.1, -0.05) is 18.2 Å². The standard InChI is InChI=1S/C24H21P.C7H6O2/c1-5-13-21(14-6-1)25(22-15-7-2-8-16-22,23-17-9-3-10-18-23)24-19-11-4-12-20-24;8-7(9)6-4-2-1-3-5-6/h1-20,25H;1-5H,(H,8,9). The van der Waals surface area contributed by atoms with Crippen LogP contribution in [0, 0.1) is 0 Å². The van der Waals surface area contributed by atoms with Crippen LogP contribution in [0.25, 0.3) is 0 Å². The number of carboxylic acid groups (broad SMARTS) is 1. The Kier molecular flexibility index (Phi) is 7.65. The first-order valence-electron chi connectivity index (χ1n) is 11.2. The summed E-state index contributed by atoms with van der Waals surface area (Å²) >= 11 is 0. The van der Waals surface area contributed by atoms with Gasteiger partial charge >= 0.3 is 156 Å². The maximum absolute atomic E-state index is 10.2. The summed E-state index contributed by atoms with van der Waals surface area (Å²) in [6.07, 6.45) is 0. The van der Waals surface area contributed by atoms with E-state index >= 15 is 0 Å². The number of rotatable bonds is 5. The Morgan fingerprint density at radius 2 is 0.647 bits per heavy atom. The van der Waals surface area contributed by atoms with E-state index in [1.165, 1.54) is 21.2 Å². The van der Waals surface area contributed by atoms with E-state index in [4.69, 9.17) is 5.11 Å². The summed E-state index contributed by atoms with van der Waals surface area (Å²) in [6, 6.07) is 52.3. The molecule has 2 nitrogen and oxygen atoms in total. The molecule has 0 spiro atoms. The number of hydrogen-bond donors (Lipinski definition) is 1. The van der Waals surface area contributed by atoms with E-state index in [0.717, 1.165) is 0 Å². The molecule has 0 bridgehead atoms. The van der Waals surface area contributed by atoms with Gasteiger partial charge in [-0.05, 0) is 12.1 Å². The molecule has 34 heavy (non-hydrogen) atoms. The van der Waals surface area contributed by atoms with Crippen LogP contribution in [0.4, 0.5) is 0 Å². The molecule has 0 unspecified atom stereocenters. The molecule has 168 valence electrons. The molecule has 0 heterocycles. The fourth-order valence-electron chi connectivity index (χ4n) is 4.33. The number of carbonyl (C=O) groups is 1. The topological polar surface area (TPSA) is 37.3 Å². The van der Waals surface area contributed by atoms with Crippen LogP contribution >= 0.6 is 7.26 Å². The van der Waals surface area contributed by atoms with Crippen molar-refractivity contribution >= 4 is 34.4 Å². The van der Waals surface area contributed by atoms with Gasteiger partial charge in [0, 0.05) is 0 Å². The molecule has 0 aliphatic carbocycles. The third kappa shape index (κ3) is 4.98. The van der Waals surface area contributed by atoms with Crippen molar-refractivity contribution in [2.45, 2.75) is 0 Å². The molecule has 0 amide bonds. The van der Waals surface area contributed by atoms with Gasteiger partial charge in [0.2, 0.25) is 0 Å². The summed E-state index contributed by atoms with van der Waals surface area (Å²) in [5, 5.41) is 14.0. The summed E-state index contributed by atoms with van der Waals surface area (Å²) in [5.41, 5.74) is 0.331. The molecule has 0 radical (unpaired) electrons. The Morgan fingerprint density at radius 1 is 0.412 bits per heavy atom. The van der Waals surface area contributed by atoms with Crippen LogP contribution in [0.1, 0.15) is 10.4 Å². The fraction of sp³-hybridized carbons (Fsp3) is 0. The van der Waals surface area contributed by atoms with E-state index in [9.17, 15) is 4.79 Å². The number of carboxylic acids is 1. The molecule has 0 atom stereocenters. The molecule has 0 saturated heterocycles. The average Bonchev–Trinajstić information content (AvgIpc) is 2.93. The first kappa shape index (κ1) is 23.2. The third-order valence-corrected chi connectivity index (χ3v) is 10.6. The number of aromatic carboxylic acids is 1. The van der Waals surface area contributed by atoms with Crippen molar-refractivity contribution in [1.82, 2.24) is 0 Å². The van der Waals surface area contributed by atoms with Gasteiger partial charge in [-0.2, -0.15) is 0 Å². The van der Waals surface area contributed by atoms with Crippen LogP contribution in [0.3, 0.4) is 0 Å². The predicted molar refractivity (Wildman–Crippen MR) is 146 cm³/mol. The zero-order chi connectivity index (χ0) is 23.6. The van der Waals surface area contributed by atoms with Gasteiger partial charge in [-0.25, -0.2) is 4.79 Å². The van der Waals surface area contributed by atoms with E-state index < -0.39 is 13.2 Å². The summed E-state index contributed by atoms with van der Waals surface area (Å²) in [6.45, 7) is 0. The van der Waals surface area contributed by atoms with Crippen molar-refractivity contribution in [3.05, 3.63) is 157 Å². The SMILES string of the molecule is O=C(O)c1ccccc1.c1ccc([PH](c2ccccc2)(c2ccccc2)c2ccccc2)cc1. The van der Waals surface area contributed by atoms with Crippen LogP contribution in [-0.2, 0) is 0 Å². The van der Waals surface area contributed by atoms with Crippen LogP contribution in [0.2, 0.25) is 0 Å². The van der Waals surface area contributed by atoms with Gasteiger partial charge in [0.1, 0.15) is 0 Å². The summed E-state index contributed by atoms with van der Waals surface area (Å²) < 4.78 is 0. The van der Waals surface area contributed by atoms with Crippen LogP contribution in [0.5, 0.6) is 0 Å². The van der Waals surface area contributed by atoms with Crippen LogP contribution in [0.15, 0.2) is 152 Å². The van der Waals surface area contributed by atoms with E-state index in [2.05, 4.69) is 121 Å². The third-order valence-electron chi connectivity index (χ3n) is 5.85. The van der Waals surface area contributed by atoms with Gasteiger partial charge in [-0.3, -0.25) is 0 Å². The molecule has 5 aromatic rings. The quantitative estimate of drug-likeness (QED) is 0.354. The molecule has 0 aliphatic rings. The van der Waals surface area contributed by atoms with Crippen molar-refractivity contribution in [2.75, 3.05) is 0 Å². The van der Waals surface area contributed by atoms with Crippen molar-refractivity contribution in [3.8, 4) is 0 Å². The Morgan fingerprint density at radius 3 is 0.853 bits per heavy atom. The minimum absolute atomic E-state index is 0.331. The van der Waals surface area contributed by atoms with Crippen LogP contribution < -0.4 is 21.2 Å². The first-order chi connectivity index (χ1) is 16.7. The van der Waals surface area contributed by atoms with Gasteiger partial charge < -0.3 is 5.11 Å². The Hall–Kier alpha value is -4.00. The van der Waals surface area contributed by atoms with Crippen molar-refractivity contribution < 1.29 is 9.90 Å². The number of hydrogen-bond acceptors (Lipinski definition) is 1. The maximum atomic E-state index is 10.2. The zero-order valence-electron chi connectivity index (χ0n) is 18.8. The summed E-state index contributed by atoms with van der Waals surface area (Å²) in [5.74, 6) is -0.879. The van der Waals surface area contributed by atoms with Crippen molar-refractivity contribution in [2.24, 2.45) is 0 Å². The Labute approximate surface area is 201 Å². The van der Waals surface area contributed by atoms with E-state index in [0.29, 0.717) is 5.56 Å². The second-order valence-electron chi connectivity index (χ2n) is 7.89. The van der Waals surface area contributed by atoms with Crippen LogP contribution in [-0.4, -0.2) is 11.1 Å². The van der Waals surface area contributed by atoms with Gasteiger partial charge in [0.15, 0.2) is 0 Å². The fourth-order valence-corrected chi connectivity index (χ4v) is 9.10. The normalized spacial score (nSPS) is 11.1. The van der Waals surface area contributed by atoms with E-state index in [1.807, 2.05) is 0 Å². The molecule has 0 saturated carbocycles. The number of benzene rings is 5. The molecule has 0 fully saturated rings. The molecular weight excluding hydrogens is 435 g/mol. The Balaban J connectivity index is 0.000000257. The van der Waals surface area contributed by atoms with Gasteiger partial charge in [0.25, 0.3) is 0 Å². The molecule has 0 aromatic heterocycles. The predicted octanol–water partition coefficient (Wildman–Crippen LogP) is 5.42. The summed E-state index contributed by atoms with van der Waals surface area (Å²) in [7, 11) is -2.30. The molecular formula is C31H27O2P. The average molecular weight is 463 g/mol. The van der Waals surface area contributed by atoms with Crippen molar-refractivity contribution in [1.29, 1.82) is 0 Å². The van der Waals surface area contributed by atoms with Gasteiger partial charge in [-0.15, -0.1) is 0 Å². The zero-order valence-corrected chi connectivity index (χ0v) is 19.8. The molecule has 0 aliphatic heterocycles. The van der Waals surface area contributed by atoms with Crippen molar-refractivity contribution in [3.63, 3.8) is 0 Å². The molecule has 1 N–H and O–H groups in total. The van der Waals surface area contributed by atoms with Gasteiger partial charge in [0.05, 0.1) is 5.56 Å². The second-order valence-corrected chi connectivity index (χ2v) is 11.7. The van der Waals surface area contributed by atoms with E-state index in [-0.39, 0.29) is 0 Å². The van der Waals surface area contributed by atoms with E-state index in [1.54, 1.807) is 30.3 Å². The molecule has 3 heteroatoms. The first-order valence-corrected chi connectivity index (χ1v) is 13.2. The molecule has 5 aromatic carbocycles. The second kappa shape index (κ2) is 11.2. The Bertz CT molecular complexity index is 1130.